The van der Waals surface area contributed by atoms with Crippen LogP contribution in [0.5, 0.6) is 0 Å². The predicted molar refractivity (Wildman–Crippen MR) is 87.4 cm³/mol. The fourth-order valence-electron chi connectivity index (χ4n) is 2.18. The molecule has 0 aliphatic heterocycles. The highest BCUT2D eigenvalue weighted by molar-refractivity contribution is 7.13. The van der Waals surface area contributed by atoms with Crippen LogP contribution < -0.4 is 10.9 Å². The van der Waals surface area contributed by atoms with E-state index >= 15 is 0 Å². The lowest BCUT2D eigenvalue weighted by molar-refractivity contribution is 0.692. The van der Waals surface area contributed by atoms with Crippen LogP contribution in [0.25, 0.3) is 10.4 Å². The molecule has 0 atom stereocenters. The smallest absolute Gasteiger partial charge is 0.248 e. The van der Waals surface area contributed by atoms with E-state index in [1.54, 1.807) is 23.6 Å². The van der Waals surface area contributed by atoms with Gasteiger partial charge < -0.3 is 10.3 Å². The Bertz CT molecular complexity index is 745. The Hall–Kier alpha value is -2.17. The van der Waals surface area contributed by atoms with Gasteiger partial charge in [-0.05, 0) is 34.2 Å². The summed E-state index contributed by atoms with van der Waals surface area (Å²) in [5.74, 6) is 0. The molecule has 0 bridgehead atoms. The van der Waals surface area contributed by atoms with Gasteiger partial charge >= 0.3 is 0 Å². The second kappa shape index (κ2) is 6.52. The van der Waals surface area contributed by atoms with Gasteiger partial charge in [-0.3, -0.25) is 4.79 Å². The number of aromatic nitrogens is 1. The van der Waals surface area contributed by atoms with E-state index in [1.165, 1.54) is 16.0 Å². The summed E-state index contributed by atoms with van der Waals surface area (Å²) in [5.41, 5.74) is 3.42. The first-order chi connectivity index (χ1) is 10.3. The van der Waals surface area contributed by atoms with E-state index in [0.29, 0.717) is 6.54 Å². The van der Waals surface area contributed by atoms with Gasteiger partial charge in [-0.15, -0.1) is 11.3 Å². The quantitative estimate of drug-likeness (QED) is 0.758. The maximum Gasteiger partial charge on any atom is 0.248 e. The minimum atomic E-state index is -0.0606. The van der Waals surface area contributed by atoms with Crippen molar-refractivity contribution in [3.63, 3.8) is 0 Å². The topological polar surface area (TPSA) is 44.9 Å². The van der Waals surface area contributed by atoms with Crippen LogP contribution in [0.1, 0.15) is 11.1 Å². The van der Waals surface area contributed by atoms with Gasteiger partial charge in [0.1, 0.15) is 0 Å². The molecule has 21 heavy (non-hydrogen) atoms. The number of hydrogen-bond donors (Lipinski definition) is 2. The van der Waals surface area contributed by atoms with Crippen molar-refractivity contribution in [3.8, 4) is 10.4 Å². The summed E-state index contributed by atoms with van der Waals surface area (Å²) in [4.78, 5) is 15.1. The molecule has 0 amide bonds. The maximum atomic E-state index is 11.2. The van der Waals surface area contributed by atoms with Crippen molar-refractivity contribution >= 4 is 11.3 Å². The van der Waals surface area contributed by atoms with Crippen molar-refractivity contribution in [3.05, 3.63) is 81.6 Å². The van der Waals surface area contributed by atoms with Gasteiger partial charge in [0.25, 0.3) is 0 Å². The van der Waals surface area contributed by atoms with Crippen LogP contribution in [-0.2, 0) is 13.1 Å². The van der Waals surface area contributed by atoms with Crippen molar-refractivity contribution in [2.24, 2.45) is 0 Å². The molecule has 0 saturated carbocycles. The Kier molecular flexibility index (Phi) is 4.28. The number of thiophene rings is 1. The molecule has 0 radical (unpaired) electrons. The number of pyridine rings is 1. The van der Waals surface area contributed by atoms with E-state index < -0.39 is 0 Å². The monoisotopic (exact) mass is 296 g/mol. The highest BCUT2D eigenvalue weighted by atomic mass is 32.1. The Labute approximate surface area is 127 Å². The molecule has 0 saturated heterocycles. The lowest BCUT2D eigenvalue weighted by atomic mass is 10.1. The van der Waals surface area contributed by atoms with Gasteiger partial charge in [0.05, 0.1) is 0 Å². The second-order valence-corrected chi connectivity index (χ2v) is 5.79. The second-order valence-electron chi connectivity index (χ2n) is 4.84. The average molecular weight is 296 g/mol. The third-order valence-electron chi connectivity index (χ3n) is 3.26. The van der Waals surface area contributed by atoms with Crippen molar-refractivity contribution in [1.29, 1.82) is 0 Å². The summed E-state index contributed by atoms with van der Waals surface area (Å²) >= 11 is 1.75. The molecule has 2 N–H and O–H groups in total. The molecule has 0 spiro atoms. The first-order valence-electron chi connectivity index (χ1n) is 6.82. The molecule has 2 aromatic heterocycles. The van der Waals surface area contributed by atoms with Gasteiger partial charge in [-0.25, -0.2) is 0 Å². The number of aromatic amines is 1. The fourth-order valence-corrected chi connectivity index (χ4v) is 2.91. The fraction of sp³-hybridized carbons (Fsp3) is 0.118. The zero-order valence-electron chi connectivity index (χ0n) is 11.5. The van der Waals surface area contributed by atoms with Gasteiger partial charge in [-0.1, -0.05) is 30.3 Å². The van der Waals surface area contributed by atoms with Crippen LogP contribution in [0.3, 0.4) is 0 Å². The van der Waals surface area contributed by atoms with E-state index in [1.807, 2.05) is 6.07 Å². The molecule has 0 aliphatic carbocycles. The van der Waals surface area contributed by atoms with Crippen LogP contribution in [0, 0.1) is 0 Å². The van der Waals surface area contributed by atoms with Crippen molar-refractivity contribution in [2.45, 2.75) is 13.1 Å². The third-order valence-corrected chi connectivity index (χ3v) is 4.18. The predicted octanol–water partition coefficient (Wildman–Crippen LogP) is 3.39. The first kappa shape index (κ1) is 13.8. The molecular weight excluding hydrogens is 280 g/mol. The van der Waals surface area contributed by atoms with Gasteiger partial charge in [0.2, 0.25) is 5.56 Å². The van der Waals surface area contributed by atoms with E-state index in [-0.39, 0.29) is 5.56 Å². The largest absolute Gasteiger partial charge is 0.329 e. The summed E-state index contributed by atoms with van der Waals surface area (Å²) in [6.07, 6.45) is 1.68. The maximum absolute atomic E-state index is 11.2. The summed E-state index contributed by atoms with van der Waals surface area (Å²) < 4.78 is 0. The number of benzene rings is 1. The van der Waals surface area contributed by atoms with E-state index in [9.17, 15) is 4.79 Å². The molecule has 0 aliphatic rings. The van der Waals surface area contributed by atoms with Crippen LogP contribution in [0.4, 0.5) is 0 Å². The highest BCUT2D eigenvalue weighted by Crippen LogP contribution is 2.24. The summed E-state index contributed by atoms with van der Waals surface area (Å²) in [6, 6.07) is 16.3. The van der Waals surface area contributed by atoms with Crippen LogP contribution >= 0.6 is 11.3 Å². The van der Waals surface area contributed by atoms with Gasteiger partial charge in [0, 0.05) is 30.2 Å². The molecule has 4 heteroatoms. The number of rotatable bonds is 5. The molecule has 1 aromatic carbocycles. The SMILES string of the molecule is O=c1cc(CNCc2ccc(-c3cccs3)cc2)cc[nH]1. The average Bonchev–Trinajstić information content (AvgIpc) is 3.02. The van der Waals surface area contributed by atoms with E-state index in [0.717, 1.165) is 12.1 Å². The molecule has 3 aromatic rings. The lowest BCUT2D eigenvalue weighted by Gasteiger charge is -2.06. The molecule has 0 fully saturated rings. The third kappa shape index (κ3) is 3.68. The normalized spacial score (nSPS) is 10.7. The minimum Gasteiger partial charge on any atom is -0.329 e. The number of nitrogens with one attached hydrogen (secondary N) is 2. The van der Waals surface area contributed by atoms with Crippen molar-refractivity contribution in [1.82, 2.24) is 10.3 Å². The highest BCUT2D eigenvalue weighted by Gasteiger charge is 1.99. The zero-order valence-corrected chi connectivity index (χ0v) is 12.3. The minimum absolute atomic E-state index is 0.0606. The first-order valence-corrected chi connectivity index (χ1v) is 7.70. The lowest BCUT2D eigenvalue weighted by Crippen LogP contribution is -2.14. The van der Waals surface area contributed by atoms with Crippen LogP contribution in [0.15, 0.2) is 64.9 Å². The number of H-pyrrole nitrogens is 1. The van der Waals surface area contributed by atoms with E-state index in [2.05, 4.69) is 52.1 Å². The molecule has 3 rings (SSSR count). The molecule has 106 valence electrons. The summed E-state index contributed by atoms with van der Waals surface area (Å²) in [7, 11) is 0. The Morgan fingerprint density at radius 3 is 2.52 bits per heavy atom. The molecule has 3 nitrogen and oxygen atoms in total. The van der Waals surface area contributed by atoms with Crippen LogP contribution in [-0.4, -0.2) is 4.98 Å². The Morgan fingerprint density at radius 1 is 1.00 bits per heavy atom. The van der Waals surface area contributed by atoms with Gasteiger partial charge in [-0.2, -0.15) is 0 Å². The Balaban J connectivity index is 1.57. The summed E-state index contributed by atoms with van der Waals surface area (Å²) in [6.45, 7) is 1.48. The molecular formula is C17H16N2OS. The van der Waals surface area contributed by atoms with Gasteiger partial charge in [0.15, 0.2) is 0 Å². The van der Waals surface area contributed by atoms with Crippen LogP contribution in [0.2, 0.25) is 0 Å². The van der Waals surface area contributed by atoms with Crippen molar-refractivity contribution < 1.29 is 0 Å². The zero-order chi connectivity index (χ0) is 14.5. The molecule has 2 heterocycles. The Morgan fingerprint density at radius 2 is 1.81 bits per heavy atom. The number of hydrogen-bond acceptors (Lipinski definition) is 3. The van der Waals surface area contributed by atoms with Crippen molar-refractivity contribution in [2.75, 3.05) is 0 Å². The standard InChI is InChI=1S/C17H16N2OS/c20-17-10-14(7-8-19-17)12-18-11-13-3-5-15(6-4-13)16-2-1-9-21-16/h1-10,18H,11-12H2,(H,19,20). The molecule has 0 unspecified atom stereocenters. The summed E-state index contributed by atoms with van der Waals surface area (Å²) in [5, 5.41) is 5.44. The van der Waals surface area contributed by atoms with E-state index in [4.69, 9.17) is 0 Å².